The molecule has 0 saturated heterocycles. The minimum absolute atomic E-state index is 0.126. The van der Waals surface area contributed by atoms with Gasteiger partial charge in [0, 0.05) is 11.1 Å². The van der Waals surface area contributed by atoms with Crippen LogP contribution >= 0.6 is 11.3 Å². The summed E-state index contributed by atoms with van der Waals surface area (Å²) in [6, 6.07) is 4.08. The van der Waals surface area contributed by atoms with Crippen LogP contribution in [0.15, 0.2) is 12.1 Å². The number of benzene rings is 1. The average molecular weight is 359 g/mol. The van der Waals surface area contributed by atoms with Crippen molar-refractivity contribution in [3.05, 3.63) is 39.4 Å². The van der Waals surface area contributed by atoms with Crippen molar-refractivity contribution in [2.45, 2.75) is 48.5 Å². The Morgan fingerprint density at radius 2 is 1.56 bits per heavy atom. The molecule has 1 aromatic carbocycles. The minimum atomic E-state index is -0.516. The number of nitrogens with one attached hydrogen (secondary N) is 2. The predicted molar refractivity (Wildman–Crippen MR) is 104 cm³/mol. The van der Waals surface area contributed by atoms with Crippen LogP contribution < -0.4 is 10.6 Å². The largest absolute Gasteiger partial charge is 0.321 e. The van der Waals surface area contributed by atoms with Crippen LogP contribution in [0.5, 0.6) is 0 Å². The van der Waals surface area contributed by atoms with E-state index in [9.17, 15) is 9.59 Å². The number of nitrogens with zero attached hydrogens (tertiary/aromatic N) is 1. The van der Waals surface area contributed by atoms with Gasteiger partial charge >= 0.3 is 0 Å². The number of hydrogen-bond donors (Lipinski definition) is 2. The topological polar surface area (TPSA) is 71.1 Å². The van der Waals surface area contributed by atoms with Gasteiger partial charge in [-0.2, -0.15) is 0 Å². The number of anilines is 2. The van der Waals surface area contributed by atoms with E-state index in [1.807, 2.05) is 53.7 Å². The molecule has 0 radical (unpaired) electrons. The van der Waals surface area contributed by atoms with Crippen LogP contribution in [0.25, 0.3) is 0 Å². The lowest BCUT2D eigenvalue weighted by Crippen LogP contribution is -2.27. The van der Waals surface area contributed by atoms with E-state index >= 15 is 0 Å². The van der Waals surface area contributed by atoms with Crippen LogP contribution in [0.3, 0.4) is 0 Å². The van der Waals surface area contributed by atoms with Crippen LogP contribution in [-0.2, 0) is 4.79 Å². The first-order valence-corrected chi connectivity index (χ1v) is 8.98. The molecule has 0 aliphatic rings. The van der Waals surface area contributed by atoms with Crippen molar-refractivity contribution in [3.63, 3.8) is 0 Å². The number of rotatable bonds is 3. The van der Waals surface area contributed by atoms with Crippen LogP contribution in [0.4, 0.5) is 10.8 Å². The van der Waals surface area contributed by atoms with Gasteiger partial charge in [0.2, 0.25) is 5.91 Å². The highest BCUT2D eigenvalue weighted by atomic mass is 32.1. The van der Waals surface area contributed by atoms with Gasteiger partial charge in [-0.3, -0.25) is 9.59 Å². The molecule has 0 fully saturated rings. The Hall–Kier alpha value is -2.21. The molecule has 1 heterocycles. The van der Waals surface area contributed by atoms with Crippen LogP contribution in [0, 0.1) is 33.1 Å². The van der Waals surface area contributed by atoms with Gasteiger partial charge in [0.15, 0.2) is 5.13 Å². The maximum atomic E-state index is 12.7. The van der Waals surface area contributed by atoms with E-state index in [0.29, 0.717) is 15.7 Å². The molecule has 25 heavy (non-hydrogen) atoms. The molecule has 2 rings (SSSR count). The van der Waals surface area contributed by atoms with E-state index in [1.54, 1.807) is 6.92 Å². The first kappa shape index (κ1) is 19.1. The van der Waals surface area contributed by atoms with Gasteiger partial charge in [-0.25, -0.2) is 4.98 Å². The highest BCUT2D eigenvalue weighted by Gasteiger charge is 2.24. The lowest BCUT2D eigenvalue weighted by Gasteiger charge is -2.15. The number of aryl methyl sites for hydroxylation is 4. The van der Waals surface area contributed by atoms with Crippen molar-refractivity contribution < 1.29 is 9.59 Å². The highest BCUT2D eigenvalue weighted by molar-refractivity contribution is 7.17. The van der Waals surface area contributed by atoms with Crippen LogP contribution in [0.2, 0.25) is 0 Å². The molecule has 0 aliphatic heterocycles. The second kappa shape index (κ2) is 6.96. The summed E-state index contributed by atoms with van der Waals surface area (Å²) in [6.45, 7) is 13.3. The van der Waals surface area contributed by atoms with Gasteiger partial charge in [0.25, 0.3) is 5.91 Å². The monoisotopic (exact) mass is 359 g/mol. The molecule has 1 aromatic heterocycles. The fraction of sp³-hybridized carbons (Fsp3) is 0.421. The van der Waals surface area contributed by atoms with Crippen molar-refractivity contribution in [2.24, 2.45) is 5.41 Å². The third-order valence-electron chi connectivity index (χ3n) is 3.82. The van der Waals surface area contributed by atoms with E-state index in [1.165, 1.54) is 11.3 Å². The summed E-state index contributed by atoms with van der Waals surface area (Å²) in [6.07, 6.45) is 0. The summed E-state index contributed by atoms with van der Waals surface area (Å²) in [4.78, 5) is 29.6. The molecule has 0 atom stereocenters. The lowest BCUT2D eigenvalue weighted by atomic mass is 9.96. The number of thiazole rings is 1. The Labute approximate surface area is 152 Å². The SMILES string of the molecule is Cc1cc(C)c(NC(=O)c2sc(NC(=O)C(C)(C)C)nc2C)c(C)c1. The van der Waals surface area contributed by atoms with E-state index in [0.717, 1.165) is 22.4 Å². The Morgan fingerprint density at radius 1 is 1.00 bits per heavy atom. The molecule has 0 bridgehead atoms. The minimum Gasteiger partial charge on any atom is -0.321 e. The second-order valence-corrected chi connectivity index (χ2v) is 8.36. The summed E-state index contributed by atoms with van der Waals surface area (Å²) in [5.41, 5.74) is 4.12. The van der Waals surface area contributed by atoms with Gasteiger partial charge in [0.1, 0.15) is 4.88 Å². The van der Waals surface area contributed by atoms with Gasteiger partial charge in [0.05, 0.1) is 5.69 Å². The third kappa shape index (κ3) is 4.45. The molecular formula is C19H25N3O2S. The molecule has 6 heteroatoms. The van der Waals surface area contributed by atoms with Crippen molar-refractivity contribution in [3.8, 4) is 0 Å². The molecule has 2 amide bonds. The Kier molecular flexibility index (Phi) is 5.32. The zero-order valence-electron chi connectivity index (χ0n) is 15.8. The molecule has 2 aromatic rings. The van der Waals surface area contributed by atoms with Gasteiger partial charge in [-0.05, 0) is 38.8 Å². The maximum Gasteiger partial charge on any atom is 0.267 e. The number of hydrogen-bond acceptors (Lipinski definition) is 4. The van der Waals surface area contributed by atoms with Crippen molar-refractivity contribution in [1.29, 1.82) is 0 Å². The first-order chi connectivity index (χ1) is 11.5. The Balaban J connectivity index is 2.22. The number of carbonyl (C=O) groups excluding carboxylic acids is 2. The number of aromatic nitrogens is 1. The molecule has 0 unspecified atom stereocenters. The van der Waals surface area contributed by atoms with E-state index in [4.69, 9.17) is 0 Å². The van der Waals surface area contributed by atoms with E-state index in [-0.39, 0.29) is 11.8 Å². The molecule has 134 valence electrons. The van der Waals surface area contributed by atoms with Gasteiger partial charge < -0.3 is 10.6 Å². The normalized spacial score (nSPS) is 11.3. The lowest BCUT2D eigenvalue weighted by molar-refractivity contribution is -0.123. The maximum absolute atomic E-state index is 12.7. The zero-order valence-corrected chi connectivity index (χ0v) is 16.6. The van der Waals surface area contributed by atoms with Crippen molar-refractivity contribution in [2.75, 3.05) is 10.6 Å². The fourth-order valence-electron chi connectivity index (χ4n) is 2.49. The zero-order chi connectivity index (χ0) is 18.9. The van der Waals surface area contributed by atoms with E-state index in [2.05, 4.69) is 15.6 Å². The Bertz CT molecular complexity index is 809. The second-order valence-electron chi connectivity index (χ2n) is 7.37. The smallest absolute Gasteiger partial charge is 0.267 e. The van der Waals surface area contributed by atoms with Crippen molar-refractivity contribution in [1.82, 2.24) is 4.98 Å². The average Bonchev–Trinajstić information content (AvgIpc) is 2.82. The van der Waals surface area contributed by atoms with Gasteiger partial charge in [-0.15, -0.1) is 0 Å². The summed E-state index contributed by atoms with van der Waals surface area (Å²) < 4.78 is 0. The van der Waals surface area contributed by atoms with Crippen molar-refractivity contribution >= 4 is 34.0 Å². The number of amides is 2. The highest BCUT2D eigenvalue weighted by Crippen LogP contribution is 2.27. The molecular weight excluding hydrogens is 334 g/mol. The summed E-state index contributed by atoms with van der Waals surface area (Å²) in [7, 11) is 0. The standard InChI is InChI=1S/C19H25N3O2S/c1-10-8-11(2)14(12(3)9-10)21-16(23)15-13(4)20-18(25-15)22-17(24)19(5,6)7/h8-9H,1-7H3,(H,21,23)(H,20,22,24). The summed E-state index contributed by atoms with van der Waals surface area (Å²) in [5.74, 6) is -0.334. The molecule has 0 saturated carbocycles. The molecule has 0 spiro atoms. The third-order valence-corrected chi connectivity index (χ3v) is 4.89. The summed E-state index contributed by atoms with van der Waals surface area (Å²) in [5, 5.41) is 6.20. The van der Waals surface area contributed by atoms with Gasteiger partial charge in [-0.1, -0.05) is 49.8 Å². The predicted octanol–water partition coefficient (Wildman–Crippen LogP) is 4.61. The molecule has 2 N–H and O–H groups in total. The fourth-order valence-corrected chi connectivity index (χ4v) is 3.35. The van der Waals surface area contributed by atoms with Crippen LogP contribution in [0.1, 0.15) is 52.8 Å². The summed E-state index contributed by atoms with van der Waals surface area (Å²) >= 11 is 1.19. The quantitative estimate of drug-likeness (QED) is 0.840. The van der Waals surface area contributed by atoms with Crippen LogP contribution in [-0.4, -0.2) is 16.8 Å². The molecule has 0 aliphatic carbocycles. The van der Waals surface area contributed by atoms with E-state index < -0.39 is 5.41 Å². The first-order valence-electron chi connectivity index (χ1n) is 8.17. The number of carbonyl (C=O) groups is 2. The Morgan fingerprint density at radius 3 is 2.08 bits per heavy atom. The molecule has 5 nitrogen and oxygen atoms in total.